The maximum absolute atomic E-state index is 11.5. The Labute approximate surface area is 107 Å². The van der Waals surface area contributed by atoms with Crippen molar-refractivity contribution >= 4 is 11.8 Å². The molecule has 0 aromatic carbocycles. The van der Waals surface area contributed by atoms with Crippen LogP contribution in [0.5, 0.6) is 0 Å². The highest BCUT2D eigenvalue weighted by Crippen LogP contribution is 2.06. The van der Waals surface area contributed by atoms with E-state index >= 15 is 0 Å². The molecule has 1 atom stereocenters. The van der Waals surface area contributed by atoms with Gasteiger partial charge in [-0.2, -0.15) is 0 Å². The summed E-state index contributed by atoms with van der Waals surface area (Å²) in [5, 5.41) is 12.3. The summed E-state index contributed by atoms with van der Waals surface area (Å²) in [4.78, 5) is 24.1. The molecule has 0 aromatic heterocycles. The van der Waals surface area contributed by atoms with Crippen LogP contribution in [0.1, 0.15) is 19.8 Å². The molecule has 1 saturated heterocycles. The van der Waals surface area contributed by atoms with E-state index in [-0.39, 0.29) is 25.0 Å². The van der Waals surface area contributed by atoms with Crippen LogP contribution >= 0.6 is 0 Å². The third-order valence-corrected chi connectivity index (χ3v) is 2.80. The number of rotatable bonds is 6. The van der Waals surface area contributed by atoms with Gasteiger partial charge in [-0.25, -0.2) is 0 Å². The van der Waals surface area contributed by atoms with Gasteiger partial charge in [0, 0.05) is 26.1 Å². The molecule has 18 heavy (non-hydrogen) atoms. The van der Waals surface area contributed by atoms with Crippen molar-refractivity contribution in [1.82, 2.24) is 21.1 Å². The van der Waals surface area contributed by atoms with Crippen LogP contribution in [-0.2, 0) is 9.59 Å². The fourth-order valence-electron chi connectivity index (χ4n) is 2.00. The molecule has 2 amide bonds. The fraction of sp³-hybridized carbons (Fsp3) is 0.818. The summed E-state index contributed by atoms with van der Waals surface area (Å²) < 4.78 is 0. The highest BCUT2D eigenvalue weighted by Gasteiger charge is 2.19. The molecule has 0 saturated carbocycles. The number of carbonyl (C=O) groups excluding carboxylic acids is 2. The van der Waals surface area contributed by atoms with E-state index in [1.54, 1.807) is 0 Å². The van der Waals surface area contributed by atoms with E-state index in [0.29, 0.717) is 12.6 Å². The number of hydrogen-bond acceptors (Lipinski definition) is 5. The Hall–Kier alpha value is -1.18. The van der Waals surface area contributed by atoms with Crippen LogP contribution in [0.15, 0.2) is 0 Å². The van der Waals surface area contributed by atoms with Crippen LogP contribution in [0.25, 0.3) is 0 Å². The Morgan fingerprint density at radius 1 is 1.44 bits per heavy atom. The number of nitrogens with one attached hydrogen (secondary N) is 3. The van der Waals surface area contributed by atoms with E-state index in [2.05, 4.69) is 16.2 Å². The standard InChI is InChI=1S/C11H22N4O3/c1-9(17)13-14-11(18)8-15(5-6-16)7-10-3-2-4-12-10/h10,12,16H,2-8H2,1H3,(H,13,17)(H,14,18). The van der Waals surface area contributed by atoms with Gasteiger partial charge in [-0.05, 0) is 19.4 Å². The summed E-state index contributed by atoms with van der Waals surface area (Å²) in [6, 6.07) is 0.380. The predicted octanol–water partition coefficient (Wildman–Crippen LogP) is -1.80. The average Bonchev–Trinajstić information content (AvgIpc) is 2.79. The first-order valence-corrected chi connectivity index (χ1v) is 6.24. The van der Waals surface area contributed by atoms with Crippen molar-refractivity contribution in [1.29, 1.82) is 0 Å². The second-order valence-electron chi connectivity index (χ2n) is 4.48. The van der Waals surface area contributed by atoms with Gasteiger partial charge in [0.1, 0.15) is 0 Å². The molecule has 1 rings (SSSR count). The Morgan fingerprint density at radius 3 is 2.78 bits per heavy atom. The van der Waals surface area contributed by atoms with Gasteiger partial charge in [0.25, 0.3) is 5.91 Å². The maximum atomic E-state index is 11.5. The molecule has 7 heteroatoms. The molecule has 4 N–H and O–H groups in total. The number of hydrazine groups is 1. The average molecular weight is 258 g/mol. The Bertz CT molecular complexity index is 279. The van der Waals surface area contributed by atoms with E-state index in [0.717, 1.165) is 25.9 Å². The van der Waals surface area contributed by atoms with Crippen molar-refractivity contribution in [3.63, 3.8) is 0 Å². The van der Waals surface area contributed by atoms with Crippen molar-refractivity contribution in [2.75, 3.05) is 32.8 Å². The molecular formula is C11H22N4O3. The van der Waals surface area contributed by atoms with Crippen molar-refractivity contribution in [2.24, 2.45) is 0 Å². The van der Waals surface area contributed by atoms with Crippen LogP contribution in [0.4, 0.5) is 0 Å². The third kappa shape index (κ3) is 5.95. The highest BCUT2D eigenvalue weighted by atomic mass is 16.3. The predicted molar refractivity (Wildman–Crippen MR) is 66.5 cm³/mol. The van der Waals surface area contributed by atoms with E-state index in [1.165, 1.54) is 6.92 Å². The molecule has 1 fully saturated rings. The SMILES string of the molecule is CC(=O)NNC(=O)CN(CCO)CC1CCCN1. The zero-order valence-corrected chi connectivity index (χ0v) is 10.7. The van der Waals surface area contributed by atoms with E-state index in [1.807, 2.05) is 4.90 Å². The van der Waals surface area contributed by atoms with Crippen LogP contribution in [-0.4, -0.2) is 60.6 Å². The molecule has 0 aromatic rings. The first kappa shape index (κ1) is 14.9. The van der Waals surface area contributed by atoms with E-state index in [4.69, 9.17) is 5.11 Å². The maximum Gasteiger partial charge on any atom is 0.252 e. The largest absolute Gasteiger partial charge is 0.395 e. The van der Waals surface area contributed by atoms with Crippen LogP contribution in [0.3, 0.4) is 0 Å². The lowest BCUT2D eigenvalue weighted by Crippen LogP contribution is -2.48. The molecule has 0 spiro atoms. The Kier molecular flexibility index (Phi) is 6.63. The van der Waals surface area contributed by atoms with Gasteiger partial charge < -0.3 is 10.4 Å². The van der Waals surface area contributed by atoms with Gasteiger partial charge in [0.2, 0.25) is 5.91 Å². The van der Waals surface area contributed by atoms with Gasteiger partial charge >= 0.3 is 0 Å². The van der Waals surface area contributed by atoms with Crippen molar-refractivity contribution < 1.29 is 14.7 Å². The minimum Gasteiger partial charge on any atom is -0.395 e. The van der Waals surface area contributed by atoms with Gasteiger partial charge in [-0.1, -0.05) is 0 Å². The molecule has 0 aliphatic carbocycles. The highest BCUT2D eigenvalue weighted by molar-refractivity contribution is 5.81. The molecule has 104 valence electrons. The molecule has 0 bridgehead atoms. The second kappa shape index (κ2) is 8.02. The number of amides is 2. The topological polar surface area (TPSA) is 93.7 Å². The summed E-state index contributed by atoms with van der Waals surface area (Å²) in [5.74, 6) is -0.592. The number of nitrogens with zero attached hydrogens (tertiary/aromatic N) is 1. The van der Waals surface area contributed by atoms with Crippen LogP contribution < -0.4 is 16.2 Å². The molecule has 1 unspecified atom stereocenters. The normalized spacial score (nSPS) is 18.9. The molecule has 0 radical (unpaired) electrons. The zero-order chi connectivity index (χ0) is 13.4. The van der Waals surface area contributed by atoms with Crippen molar-refractivity contribution in [3.8, 4) is 0 Å². The van der Waals surface area contributed by atoms with E-state index in [9.17, 15) is 9.59 Å². The summed E-state index contributed by atoms with van der Waals surface area (Å²) in [5.41, 5.74) is 4.56. The van der Waals surface area contributed by atoms with E-state index < -0.39 is 0 Å². The molecular weight excluding hydrogens is 236 g/mol. The minimum atomic E-state index is -0.311. The first-order valence-electron chi connectivity index (χ1n) is 6.24. The van der Waals surface area contributed by atoms with Gasteiger partial charge in [0.15, 0.2) is 0 Å². The fourth-order valence-corrected chi connectivity index (χ4v) is 2.00. The molecule has 1 heterocycles. The second-order valence-corrected chi connectivity index (χ2v) is 4.48. The van der Waals surface area contributed by atoms with Crippen molar-refractivity contribution in [2.45, 2.75) is 25.8 Å². The number of aliphatic hydroxyl groups excluding tert-OH is 1. The molecule has 7 nitrogen and oxygen atoms in total. The van der Waals surface area contributed by atoms with Crippen molar-refractivity contribution in [3.05, 3.63) is 0 Å². The Balaban J connectivity index is 2.31. The summed E-state index contributed by atoms with van der Waals surface area (Å²) in [6.45, 7) is 3.70. The monoisotopic (exact) mass is 258 g/mol. The summed E-state index contributed by atoms with van der Waals surface area (Å²) >= 11 is 0. The van der Waals surface area contributed by atoms with Gasteiger partial charge in [-0.15, -0.1) is 0 Å². The first-order chi connectivity index (χ1) is 8.61. The minimum absolute atomic E-state index is 0.0140. The summed E-state index contributed by atoms with van der Waals surface area (Å²) in [7, 11) is 0. The smallest absolute Gasteiger partial charge is 0.252 e. The number of carbonyl (C=O) groups is 2. The number of hydrogen-bond donors (Lipinski definition) is 4. The number of aliphatic hydroxyl groups is 1. The van der Waals surface area contributed by atoms with Crippen LogP contribution in [0.2, 0.25) is 0 Å². The Morgan fingerprint density at radius 2 is 2.22 bits per heavy atom. The lowest BCUT2D eigenvalue weighted by Gasteiger charge is -2.24. The summed E-state index contributed by atoms with van der Waals surface area (Å²) in [6.07, 6.45) is 2.24. The third-order valence-electron chi connectivity index (χ3n) is 2.80. The molecule has 1 aliphatic heterocycles. The lowest BCUT2D eigenvalue weighted by molar-refractivity contribution is -0.128. The van der Waals surface area contributed by atoms with Crippen LogP contribution in [0, 0.1) is 0 Å². The quantitative estimate of drug-likeness (QED) is 0.422. The lowest BCUT2D eigenvalue weighted by atomic mass is 10.2. The van der Waals surface area contributed by atoms with Gasteiger partial charge in [-0.3, -0.25) is 25.3 Å². The van der Waals surface area contributed by atoms with Gasteiger partial charge in [0.05, 0.1) is 13.2 Å². The zero-order valence-electron chi connectivity index (χ0n) is 10.7. The molecule has 1 aliphatic rings.